The monoisotopic (exact) mass is 380 g/mol. The second-order valence-corrected chi connectivity index (χ2v) is 7.02. The van der Waals surface area contributed by atoms with Gasteiger partial charge in [-0.3, -0.25) is 0 Å². The molecule has 0 amide bonds. The summed E-state index contributed by atoms with van der Waals surface area (Å²) < 4.78 is 38.8. The first-order chi connectivity index (χ1) is 12.5. The minimum absolute atomic E-state index is 0.0822. The molecule has 0 unspecified atom stereocenters. The molecule has 8 heteroatoms. The van der Waals surface area contributed by atoms with Crippen molar-refractivity contribution in [2.24, 2.45) is 5.41 Å². The van der Waals surface area contributed by atoms with E-state index >= 15 is 0 Å². The van der Waals surface area contributed by atoms with E-state index in [0.717, 1.165) is 0 Å². The first-order valence-corrected chi connectivity index (χ1v) is 8.95. The van der Waals surface area contributed by atoms with E-state index in [-0.39, 0.29) is 37.1 Å². The fourth-order valence-electron chi connectivity index (χ4n) is 3.39. The molecule has 0 aliphatic carbocycles. The molecule has 0 saturated carbocycles. The van der Waals surface area contributed by atoms with Gasteiger partial charge in [-0.25, -0.2) is 0 Å². The van der Waals surface area contributed by atoms with Gasteiger partial charge >= 0.3 is 0 Å². The summed E-state index contributed by atoms with van der Waals surface area (Å²) in [5.74, 6) is 0. The third-order valence-corrected chi connectivity index (χ3v) is 4.94. The van der Waals surface area contributed by atoms with E-state index in [1.165, 1.54) is 0 Å². The summed E-state index contributed by atoms with van der Waals surface area (Å²) in [4.78, 5) is 0. The Bertz CT molecular complexity index is 365. The largest absolute Gasteiger partial charge is 0.394 e. The van der Waals surface area contributed by atoms with E-state index in [1.807, 2.05) is 0 Å². The smallest absolute Gasteiger partial charge is 0.147 e. The lowest BCUT2D eigenvalue weighted by Crippen LogP contribution is -2.62. The second kappa shape index (κ2) is 12.2. The van der Waals surface area contributed by atoms with Gasteiger partial charge in [-0.05, 0) is 0 Å². The zero-order valence-electron chi connectivity index (χ0n) is 16.9. The van der Waals surface area contributed by atoms with Crippen LogP contribution in [-0.4, -0.2) is 97.3 Å². The SMILES string of the molecule is COCCOCO[C@@H]1[C@@H](OC)C(C)(C)[C@@H](C[C@@H](COC)OC)O[C@@H]1CO. The number of hydrogen-bond donors (Lipinski definition) is 1. The molecule has 156 valence electrons. The van der Waals surface area contributed by atoms with Crippen molar-refractivity contribution in [3.8, 4) is 0 Å². The zero-order chi connectivity index (χ0) is 19.6. The standard InChI is InChI=1S/C18H36O8/c1-18(2)15(9-13(22-5)11-21-4)26-14(10-19)16(17(18)23-6)25-12-24-8-7-20-3/h13-17,19H,7-12H2,1-6H3/t13-,14+,15+,16-,17+/m0/s1. The van der Waals surface area contributed by atoms with Gasteiger partial charge in [0.15, 0.2) is 0 Å². The van der Waals surface area contributed by atoms with Gasteiger partial charge in [0.2, 0.25) is 0 Å². The van der Waals surface area contributed by atoms with E-state index in [9.17, 15) is 5.11 Å². The van der Waals surface area contributed by atoms with Crippen LogP contribution in [0.3, 0.4) is 0 Å². The van der Waals surface area contributed by atoms with Crippen molar-refractivity contribution in [2.75, 3.05) is 61.7 Å². The third kappa shape index (κ3) is 6.38. The number of methoxy groups -OCH3 is 4. The van der Waals surface area contributed by atoms with E-state index < -0.39 is 12.2 Å². The Kier molecular flexibility index (Phi) is 11.1. The Balaban J connectivity index is 2.80. The molecular weight excluding hydrogens is 344 g/mol. The maximum atomic E-state index is 9.82. The number of aliphatic hydroxyl groups excluding tert-OH is 1. The molecule has 0 bridgehead atoms. The van der Waals surface area contributed by atoms with Crippen molar-refractivity contribution in [1.82, 2.24) is 0 Å². The lowest BCUT2D eigenvalue weighted by atomic mass is 9.73. The fourth-order valence-corrected chi connectivity index (χ4v) is 3.39. The minimum atomic E-state index is -0.510. The molecule has 1 N–H and O–H groups in total. The van der Waals surface area contributed by atoms with Gasteiger partial charge in [0.05, 0.1) is 44.7 Å². The van der Waals surface area contributed by atoms with Crippen molar-refractivity contribution in [1.29, 1.82) is 0 Å². The number of ether oxygens (including phenoxy) is 7. The van der Waals surface area contributed by atoms with Crippen LogP contribution < -0.4 is 0 Å². The number of rotatable bonds is 13. The summed E-state index contributed by atoms with van der Waals surface area (Å²) in [5, 5.41) is 9.82. The highest BCUT2D eigenvalue weighted by Crippen LogP contribution is 2.41. The number of aliphatic hydroxyl groups is 1. The first kappa shape index (κ1) is 23.7. The van der Waals surface area contributed by atoms with Crippen molar-refractivity contribution < 1.29 is 38.3 Å². The van der Waals surface area contributed by atoms with Crippen LogP contribution in [0.2, 0.25) is 0 Å². The average Bonchev–Trinajstić information content (AvgIpc) is 2.62. The van der Waals surface area contributed by atoms with Gasteiger partial charge < -0.3 is 38.3 Å². The molecule has 8 nitrogen and oxygen atoms in total. The topological polar surface area (TPSA) is 84.8 Å². The van der Waals surface area contributed by atoms with Gasteiger partial charge in [0, 0.05) is 40.3 Å². The molecule has 1 aliphatic rings. The third-order valence-electron chi connectivity index (χ3n) is 4.94. The maximum Gasteiger partial charge on any atom is 0.147 e. The highest BCUT2D eigenvalue weighted by atomic mass is 16.7. The molecule has 1 aliphatic heterocycles. The van der Waals surface area contributed by atoms with E-state index in [1.54, 1.807) is 28.4 Å². The summed E-state index contributed by atoms with van der Waals surface area (Å²) in [7, 11) is 6.55. The molecule has 1 rings (SSSR count). The minimum Gasteiger partial charge on any atom is -0.394 e. The van der Waals surface area contributed by atoms with Gasteiger partial charge in [0.25, 0.3) is 0 Å². The molecule has 1 fully saturated rings. The van der Waals surface area contributed by atoms with Crippen LogP contribution in [0.25, 0.3) is 0 Å². The molecule has 1 heterocycles. The number of hydrogen-bond acceptors (Lipinski definition) is 8. The Morgan fingerprint density at radius 2 is 1.81 bits per heavy atom. The van der Waals surface area contributed by atoms with Crippen molar-refractivity contribution >= 4 is 0 Å². The van der Waals surface area contributed by atoms with E-state index in [0.29, 0.717) is 26.2 Å². The van der Waals surface area contributed by atoms with Gasteiger partial charge in [-0.2, -0.15) is 0 Å². The average molecular weight is 380 g/mol. The normalized spacial score (nSPS) is 29.7. The highest BCUT2D eigenvalue weighted by molar-refractivity contribution is 5.00. The van der Waals surface area contributed by atoms with Crippen LogP contribution in [0.15, 0.2) is 0 Å². The Morgan fingerprint density at radius 3 is 2.35 bits per heavy atom. The molecule has 0 radical (unpaired) electrons. The molecular formula is C18H36O8. The van der Waals surface area contributed by atoms with E-state index in [4.69, 9.17) is 33.2 Å². The van der Waals surface area contributed by atoms with Crippen LogP contribution >= 0.6 is 0 Å². The summed E-state index contributed by atoms with van der Waals surface area (Å²) in [6, 6.07) is 0. The molecule has 0 aromatic carbocycles. The fraction of sp³-hybridized carbons (Fsp3) is 1.00. The first-order valence-electron chi connectivity index (χ1n) is 8.95. The molecule has 0 spiro atoms. The van der Waals surface area contributed by atoms with Gasteiger partial charge in [0.1, 0.15) is 19.0 Å². The van der Waals surface area contributed by atoms with Crippen molar-refractivity contribution in [3.63, 3.8) is 0 Å². The highest BCUT2D eigenvalue weighted by Gasteiger charge is 2.52. The zero-order valence-corrected chi connectivity index (χ0v) is 16.9. The van der Waals surface area contributed by atoms with Crippen molar-refractivity contribution in [3.05, 3.63) is 0 Å². The van der Waals surface area contributed by atoms with Crippen LogP contribution in [0.5, 0.6) is 0 Å². The Labute approximate surface area is 157 Å². The quantitative estimate of drug-likeness (QED) is 0.372. The Hall–Kier alpha value is -0.320. The van der Waals surface area contributed by atoms with Crippen molar-refractivity contribution in [2.45, 2.75) is 50.8 Å². The lowest BCUT2D eigenvalue weighted by molar-refractivity contribution is -0.276. The molecule has 5 atom stereocenters. The predicted molar refractivity (Wildman–Crippen MR) is 95.2 cm³/mol. The van der Waals surface area contributed by atoms with Crippen LogP contribution in [0, 0.1) is 5.41 Å². The van der Waals surface area contributed by atoms with Gasteiger partial charge in [-0.15, -0.1) is 0 Å². The predicted octanol–water partition coefficient (Wildman–Crippen LogP) is 0.845. The van der Waals surface area contributed by atoms with Crippen LogP contribution in [0.4, 0.5) is 0 Å². The molecule has 1 saturated heterocycles. The summed E-state index contributed by atoms with van der Waals surface area (Å²) in [6.45, 7) is 5.45. The summed E-state index contributed by atoms with van der Waals surface area (Å²) in [6.07, 6.45) is -0.879. The molecule has 0 aromatic rings. The molecule has 26 heavy (non-hydrogen) atoms. The van der Waals surface area contributed by atoms with Crippen LogP contribution in [0.1, 0.15) is 20.3 Å². The summed E-state index contributed by atoms with van der Waals surface area (Å²) in [5.41, 5.74) is -0.359. The van der Waals surface area contributed by atoms with E-state index in [2.05, 4.69) is 13.8 Å². The van der Waals surface area contributed by atoms with Crippen LogP contribution in [-0.2, 0) is 33.2 Å². The lowest BCUT2D eigenvalue weighted by Gasteiger charge is -2.51. The van der Waals surface area contributed by atoms with Gasteiger partial charge in [-0.1, -0.05) is 13.8 Å². The Morgan fingerprint density at radius 1 is 1.08 bits per heavy atom. The summed E-state index contributed by atoms with van der Waals surface area (Å²) >= 11 is 0. The molecule has 0 aromatic heterocycles. The maximum absolute atomic E-state index is 9.82. The second-order valence-electron chi connectivity index (χ2n) is 7.02.